The summed E-state index contributed by atoms with van der Waals surface area (Å²) in [4.78, 5) is 16.2. The first kappa shape index (κ1) is 14.3. The minimum absolute atomic E-state index is 0.279. The maximum Gasteiger partial charge on any atom is 0.274 e. The first-order valence-electron chi connectivity index (χ1n) is 6.46. The molecule has 0 aliphatic rings. The van der Waals surface area contributed by atoms with Gasteiger partial charge in [-0.05, 0) is 30.7 Å². The van der Waals surface area contributed by atoms with E-state index in [-0.39, 0.29) is 5.91 Å². The number of nitrogens with one attached hydrogen (secondary N) is 2. The topological polar surface area (TPSA) is 54.0 Å². The summed E-state index contributed by atoms with van der Waals surface area (Å²) in [6.07, 6.45) is 2.63. The molecule has 0 saturated heterocycles. The number of carbonyl (C=O) groups excluding carboxylic acids is 1. The Kier molecular flexibility index (Phi) is 4.96. The SMILES string of the molecule is CCCNc1ccnc(C(=O)Nc2ccccc2Cl)c1. The molecule has 0 bridgehead atoms. The third-order valence-corrected chi connectivity index (χ3v) is 3.02. The lowest BCUT2D eigenvalue weighted by atomic mass is 10.2. The number of benzene rings is 1. The summed E-state index contributed by atoms with van der Waals surface area (Å²) < 4.78 is 0. The summed E-state index contributed by atoms with van der Waals surface area (Å²) in [5, 5.41) is 6.47. The van der Waals surface area contributed by atoms with Crippen molar-refractivity contribution >= 4 is 28.9 Å². The third-order valence-electron chi connectivity index (χ3n) is 2.69. The lowest BCUT2D eigenvalue weighted by molar-refractivity contribution is 0.102. The molecule has 1 aromatic carbocycles. The van der Waals surface area contributed by atoms with Gasteiger partial charge in [0.25, 0.3) is 5.91 Å². The average molecular weight is 290 g/mol. The Morgan fingerprint density at radius 3 is 2.85 bits per heavy atom. The van der Waals surface area contributed by atoms with E-state index >= 15 is 0 Å². The number of nitrogens with zero attached hydrogens (tertiary/aromatic N) is 1. The summed E-state index contributed by atoms with van der Waals surface area (Å²) in [6, 6.07) is 10.7. The van der Waals surface area contributed by atoms with Gasteiger partial charge in [0.05, 0.1) is 10.7 Å². The zero-order valence-electron chi connectivity index (χ0n) is 11.2. The summed E-state index contributed by atoms with van der Waals surface area (Å²) >= 11 is 6.01. The number of rotatable bonds is 5. The van der Waals surface area contributed by atoms with Gasteiger partial charge in [0.1, 0.15) is 5.69 Å². The lowest BCUT2D eigenvalue weighted by Gasteiger charge is -2.08. The van der Waals surface area contributed by atoms with Crippen molar-refractivity contribution in [3.63, 3.8) is 0 Å². The van der Waals surface area contributed by atoms with Gasteiger partial charge in [-0.3, -0.25) is 9.78 Å². The number of pyridine rings is 1. The molecule has 0 saturated carbocycles. The van der Waals surface area contributed by atoms with Crippen molar-refractivity contribution in [2.24, 2.45) is 0 Å². The van der Waals surface area contributed by atoms with Crippen molar-refractivity contribution in [1.82, 2.24) is 4.98 Å². The van der Waals surface area contributed by atoms with Crippen LogP contribution in [0.1, 0.15) is 23.8 Å². The van der Waals surface area contributed by atoms with E-state index in [9.17, 15) is 4.79 Å². The standard InChI is InChI=1S/C15H16ClN3O/c1-2-8-17-11-7-9-18-14(10-11)15(20)19-13-6-4-3-5-12(13)16/h3-7,9-10H,2,8H2,1H3,(H,17,18)(H,19,20). The van der Waals surface area contributed by atoms with Crippen LogP contribution in [0.2, 0.25) is 5.02 Å². The number of hydrogen-bond donors (Lipinski definition) is 2. The molecule has 2 aromatic rings. The van der Waals surface area contributed by atoms with Crippen molar-refractivity contribution < 1.29 is 4.79 Å². The molecule has 0 atom stereocenters. The molecule has 0 fully saturated rings. The van der Waals surface area contributed by atoms with Crippen molar-refractivity contribution in [1.29, 1.82) is 0 Å². The molecular formula is C15H16ClN3O. The molecule has 104 valence electrons. The molecule has 4 nitrogen and oxygen atoms in total. The van der Waals surface area contributed by atoms with Gasteiger partial charge in [0.2, 0.25) is 0 Å². The molecule has 2 rings (SSSR count). The molecule has 1 amide bonds. The van der Waals surface area contributed by atoms with Crippen LogP contribution < -0.4 is 10.6 Å². The second-order valence-electron chi connectivity index (χ2n) is 4.29. The smallest absolute Gasteiger partial charge is 0.274 e. The number of carbonyl (C=O) groups is 1. The number of hydrogen-bond acceptors (Lipinski definition) is 3. The number of halogens is 1. The normalized spacial score (nSPS) is 10.1. The maximum absolute atomic E-state index is 12.1. The third kappa shape index (κ3) is 3.71. The number of aromatic nitrogens is 1. The van der Waals surface area contributed by atoms with Crippen molar-refractivity contribution in [2.75, 3.05) is 17.2 Å². The van der Waals surface area contributed by atoms with Crippen LogP contribution >= 0.6 is 11.6 Å². The summed E-state index contributed by atoms with van der Waals surface area (Å²) in [7, 11) is 0. The largest absolute Gasteiger partial charge is 0.385 e. The van der Waals surface area contributed by atoms with Gasteiger partial charge in [0.15, 0.2) is 0 Å². The number of amides is 1. The molecule has 5 heteroatoms. The highest BCUT2D eigenvalue weighted by Crippen LogP contribution is 2.21. The van der Waals surface area contributed by atoms with E-state index in [0.717, 1.165) is 18.7 Å². The number of anilines is 2. The maximum atomic E-state index is 12.1. The molecule has 0 aliphatic heterocycles. The zero-order chi connectivity index (χ0) is 14.4. The fourth-order valence-corrected chi connectivity index (χ4v) is 1.87. The van der Waals surface area contributed by atoms with E-state index in [1.165, 1.54) is 0 Å². The van der Waals surface area contributed by atoms with Crippen molar-refractivity contribution in [3.05, 3.63) is 53.3 Å². The highest BCUT2D eigenvalue weighted by Gasteiger charge is 2.10. The minimum Gasteiger partial charge on any atom is -0.385 e. The highest BCUT2D eigenvalue weighted by molar-refractivity contribution is 6.33. The van der Waals surface area contributed by atoms with Crippen LogP contribution in [-0.4, -0.2) is 17.4 Å². The first-order chi connectivity index (χ1) is 9.70. The zero-order valence-corrected chi connectivity index (χ0v) is 11.9. The van der Waals surface area contributed by atoms with Gasteiger partial charge in [0, 0.05) is 18.4 Å². The Morgan fingerprint density at radius 1 is 1.30 bits per heavy atom. The first-order valence-corrected chi connectivity index (χ1v) is 6.84. The molecule has 1 aromatic heterocycles. The second kappa shape index (κ2) is 6.91. The van der Waals surface area contributed by atoms with E-state index in [0.29, 0.717) is 16.4 Å². The van der Waals surface area contributed by atoms with Gasteiger partial charge < -0.3 is 10.6 Å². The Balaban J connectivity index is 2.11. The molecule has 1 heterocycles. The van der Waals surface area contributed by atoms with E-state index in [1.807, 2.05) is 18.2 Å². The molecule has 0 unspecified atom stereocenters. The molecule has 0 spiro atoms. The molecule has 0 aliphatic carbocycles. The van der Waals surface area contributed by atoms with E-state index < -0.39 is 0 Å². The Bertz CT molecular complexity index is 601. The molecular weight excluding hydrogens is 274 g/mol. The van der Waals surface area contributed by atoms with E-state index in [1.54, 1.807) is 24.4 Å². The fourth-order valence-electron chi connectivity index (χ4n) is 1.68. The Hall–Kier alpha value is -2.07. The predicted molar refractivity (Wildman–Crippen MR) is 82.4 cm³/mol. The van der Waals surface area contributed by atoms with Gasteiger partial charge >= 0.3 is 0 Å². The minimum atomic E-state index is -0.279. The van der Waals surface area contributed by atoms with Crippen LogP contribution in [0.5, 0.6) is 0 Å². The summed E-state index contributed by atoms with van der Waals surface area (Å²) in [5.74, 6) is -0.279. The van der Waals surface area contributed by atoms with Crippen LogP contribution in [0.3, 0.4) is 0 Å². The van der Waals surface area contributed by atoms with Crippen LogP contribution in [0.25, 0.3) is 0 Å². The van der Waals surface area contributed by atoms with Gasteiger partial charge in [-0.2, -0.15) is 0 Å². The van der Waals surface area contributed by atoms with Crippen LogP contribution in [-0.2, 0) is 0 Å². The molecule has 0 radical (unpaired) electrons. The monoisotopic (exact) mass is 289 g/mol. The van der Waals surface area contributed by atoms with Gasteiger partial charge in [-0.1, -0.05) is 30.7 Å². The Labute approximate surface area is 123 Å². The summed E-state index contributed by atoms with van der Waals surface area (Å²) in [6.45, 7) is 2.94. The fraction of sp³-hybridized carbons (Fsp3) is 0.200. The molecule has 2 N–H and O–H groups in total. The van der Waals surface area contributed by atoms with Gasteiger partial charge in [-0.15, -0.1) is 0 Å². The van der Waals surface area contributed by atoms with Crippen LogP contribution in [0.4, 0.5) is 11.4 Å². The van der Waals surface area contributed by atoms with E-state index in [2.05, 4.69) is 22.5 Å². The molecule has 20 heavy (non-hydrogen) atoms. The lowest BCUT2D eigenvalue weighted by Crippen LogP contribution is -2.14. The Morgan fingerprint density at radius 2 is 2.10 bits per heavy atom. The number of para-hydroxylation sites is 1. The highest BCUT2D eigenvalue weighted by atomic mass is 35.5. The quantitative estimate of drug-likeness (QED) is 0.880. The second-order valence-corrected chi connectivity index (χ2v) is 4.70. The van der Waals surface area contributed by atoms with Crippen molar-refractivity contribution in [2.45, 2.75) is 13.3 Å². The van der Waals surface area contributed by atoms with Crippen LogP contribution in [0, 0.1) is 0 Å². The van der Waals surface area contributed by atoms with Crippen molar-refractivity contribution in [3.8, 4) is 0 Å². The van der Waals surface area contributed by atoms with Crippen LogP contribution in [0.15, 0.2) is 42.6 Å². The van der Waals surface area contributed by atoms with E-state index in [4.69, 9.17) is 11.6 Å². The average Bonchev–Trinajstić information content (AvgIpc) is 2.48. The van der Waals surface area contributed by atoms with Gasteiger partial charge in [-0.25, -0.2) is 0 Å². The summed E-state index contributed by atoms with van der Waals surface area (Å²) in [5.41, 5.74) is 1.81. The predicted octanol–water partition coefficient (Wildman–Crippen LogP) is 3.81.